The summed E-state index contributed by atoms with van der Waals surface area (Å²) in [6, 6.07) is 13.0. The molecule has 1 aromatic carbocycles. The topological polar surface area (TPSA) is 29.9 Å². The molecule has 0 fully saturated rings. The lowest BCUT2D eigenvalue weighted by Crippen LogP contribution is -2.22. The zero-order valence-corrected chi connectivity index (χ0v) is 14.1. The van der Waals surface area contributed by atoms with E-state index in [0.717, 1.165) is 12.2 Å². The number of fused-ring (bicyclic) bond motifs is 1. The second-order valence-electron chi connectivity index (χ2n) is 5.39. The predicted octanol–water partition coefficient (Wildman–Crippen LogP) is 4.96. The number of nitrogens with one attached hydrogen (secondary N) is 1. The summed E-state index contributed by atoms with van der Waals surface area (Å²) in [6.07, 6.45) is 5.68. The van der Waals surface area contributed by atoms with Gasteiger partial charge in [0, 0.05) is 12.1 Å². The summed E-state index contributed by atoms with van der Waals surface area (Å²) in [5.41, 5.74) is 3.56. The first-order valence-electron chi connectivity index (χ1n) is 8.41. The molecule has 22 heavy (non-hydrogen) atoms. The molecule has 1 unspecified atom stereocenters. The van der Waals surface area contributed by atoms with Crippen LogP contribution >= 0.6 is 0 Å². The van der Waals surface area contributed by atoms with Crippen LogP contribution in [0.2, 0.25) is 0 Å². The van der Waals surface area contributed by atoms with Crippen LogP contribution in [0.3, 0.4) is 0 Å². The monoisotopic (exact) mass is 297 g/mol. The number of unbranched alkanes of at least 4 members (excludes halogenated alkanes) is 1. The minimum atomic E-state index is 0.327. The third-order valence-corrected chi connectivity index (χ3v) is 3.63. The SMILES string of the molecule is CC.CCCCc1cc2n(n1)C(c1ccccc1)=CC(C)N2. The van der Waals surface area contributed by atoms with Crippen LogP contribution in [0.4, 0.5) is 5.82 Å². The quantitative estimate of drug-likeness (QED) is 0.865. The molecule has 2 heterocycles. The number of nitrogens with zero attached hydrogens (tertiary/aromatic N) is 2. The first-order chi connectivity index (χ1) is 10.8. The third kappa shape index (κ3) is 3.59. The molecule has 1 N–H and O–H groups in total. The number of aryl methyl sites for hydroxylation is 1. The lowest BCUT2D eigenvalue weighted by molar-refractivity contribution is 0.751. The molecule has 0 saturated carbocycles. The van der Waals surface area contributed by atoms with Crippen LogP contribution in [0.15, 0.2) is 42.5 Å². The van der Waals surface area contributed by atoms with Gasteiger partial charge in [-0.15, -0.1) is 0 Å². The summed E-state index contributed by atoms with van der Waals surface area (Å²) in [4.78, 5) is 0. The third-order valence-electron chi connectivity index (χ3n) is 3.63. The molecular formula is C19H27N3. The van der Waals surface area contributed by atoms with Gasteiger partial charge in [0.25, 0.3) is 0 Å². The Hall–Kier alpha value is -2.03. The standard InChI is InChI=1S/C17H21N3.C2H6/c1-3-4-10-15-12-17-18-13(2)11-16(20(17)19-15)14-8-6-5-7-9-14;1-2/h5-9,11-13,18H,3-4,10H2,1-2H3;1-2H3. The van der Waals surface area contributed by atoms with Crippen molar-refractivity contribution in [3.05, 3.63) is 53.7 Å². The molecule has 1 aliphatic heterocycles. The summed E-state index contributed by atoms with van der Waals surface area (Å²) >= 11 is 0. The van der Waals surface area contributed by atoms with Crippen LogP contribution in [0.25, 0.3) is 5.70 Å². The van der Waals surface area contributed by atoms with E-state index in [4.69, 9.17) is 5.10 Å². The van der Waals surface area contributed by atoms with Crippen molar-refractivity contribution in [2.45, 2.75) is 53.0 Å². The summed E-state index contributed by atoms with van der Waals surface area (Å²) in [5, 5.41) is 8.25. The highest BCUT2D eigenvalue weighted by Crippen LogP contribution is 2.27. The van der Waals surface area contributed by atoms with Gasteiger partial charge in [-0.1, -0.05) is 57.5 Å². The molecule has 1 aromatic heterocycles. The Morgan fingerprint density at radius 1 is 1.18 bits per heavy atom. The molecule has 1 atom stereocenters. The van der Waals surface area contributed by atoms with Crippen LogP contribution in [0.5, 0.6) is 0 Å². The Morgan fingerprint density at radius 3 is 2.59 bits per heavy atom. The Morgan fingerprint density at radius 2 is 1.91 bits per heavy atom. The summed E-state index contributed by atoms with van der Waals surface area (Å²) < 4.78 is 2.04. The van der Waals surface area contributed by atoms with Crippen LogP contribution in [-0.4, -0.2) is 15.8 Å². The normalized spacial score (nSPS) is 16.0. The van der Waals surface area contributed by atoms with Gasteiger partial charge in [-0.25, -0.2) is 4.68 Å². The Labute approximate surface area is 134 Å². The van der Waals surface area contributed by atoms with Gasteiger partial charge in [-0.3, -0.25) is 0 Å². The van der Waals surface area contributed by atoms with Gasteiger partial charge in [0.15, 0.2) is 0 Å². The Balaban J connectivity index is 0.000000847. The largest absolute Gasteiger partial charge is 0.364 e. The van der Waals surface area contributed by atoms with E-state index in [1.54, 1.807) is 0 Å². The molecule has 0 bridgehead atoms. The van der Waals surface area contributed by atoms with Crippen molar-refractivity contribution in [3.63, 3.8) is 0 Å². The van der Waals surface area contributed by atoms with E-state index in [1.807, 2.05) is 24.6 Å². The van der Waals surface area contributed by atoms with Crippen LogP contribution < -0.4 is 5.32 Å². The molecule has 0 radical (unpaired) electrons. The van der Waals surface area contributed by atoms with Crippen molar-refractivity contribution in [1.82, 2.24) is 9.78 Å². The van der Waals surface area contributed by atoms with Gasteiger partial charge in [0.05, 0.1) is 11.4 Å². The van der Waals surface area contributed by atoms with E-state index >= 15 is 0 Å². The highest BCUT2D eigenvalue weighted by atomic mass is 15.4. The van der Waals surface area contributed by atoms with E-state index in [2.05, 4.69) is 55.6 Å². The molecule has 2 aromatic rings. The van der Waals surface area contributed by atoms with E-state index < -0.39 is 0 Å². The Kier molecular flexibility index (Phi) is 5.82. The molecule has 3 nitrogen and oxygen atoms in total. The first kappa shape index (κ1) is 16.3. The second-order valence-corrected chi connectivity index (χ2v) is 5.39. The fourth-order valence-electron chi connectivity index (χ4n) is 2.61. The maximum atomic E-state index is 4.77. The second kappa shape index (κ2) is 7.83. The van der Waals surface area contributed by atoms with E-state index in [9.17, 15) is 0 Å². The van der Waals surface area contributed by atoms with Gasteiger partial charge in [0.1, 0.15) is 5.82 Å². The zero-order valence-electron chi connectivity index (χ0n) is 14.1. The smallest absolute Gasteiger partial charge is 0.130 e. The number of hydrogen-bond acceptors (Lipinski definition) is 2. The molecule has 3 rings (SSSR count). The highest BCUT2D eigenvalue weighted by molar-refractivity contribution is 5.72. The van der Waals surface area contributed by atoms with Crippen LogP contribution in [0.1, 0.15) is 51.8 Å². The van der Waals surface area contributed by atoms with E-state index in [0.29, 0.717) is 6.04 Å². The Bertz CT molecular complexity index is 611. The number of aromatic nitrogens is 2. The van der Waals surface area contributed by atoms with Crippen molar-refractivity contribution >= 4 is 11.5 Å². The number of rotatable bonds is 4. The summed E-state index contributed by atoms with van der Waals surface area (Å²) in [6.45, 7) is 8.39. The first-order valence-corrected chi connectivity index (χ1v) is 8.41. The number of hydrogen-bond donors (Lipinski definition) is 1. The predicted molar refractivity (Wildman–Crippen MR) is 95.1 cm³/mol. The van der Waals surface area contributed by atoms with E-state index in [-0.39, 0.29) is 0 Å². The van der Waals surface area contributed by atoms with Crippen molar-refractivity contribution in [1.29, 1.82) is 0 Å². The van der Waals surface area contributed by atoms with E-state index in [1.165, 1.54) is 29.8 Å². The molecule has 3 heteroatoms. The minimum Gasteiger partial charge on any atom is -0.364 e. The van der Waals surface area contributed by atoms with Gasteiger partial charge < -0.3 is 5.32 Å². The molecular weight excluding hydrogens is 270 g/mol. The summed E-state index contributed by atoms with van der Waals surface area (Å²) in [5.74, 6) is 1.10. The average molecular weight is 297 g/mol. The minimum absolute atomic E-state index is 0.327. The van der Waals surface area contributed by atoms with Crippen molar-refractivity contribution in [3.8, 4) is 0 Å². The molecule has 1 aliphatic rings. The maximum Gasteiger partial charge on any atom is 0.130 e. The lowest BCUT2D eigenvalue weighted by atomic mass is 10.1. The van der Waals surface area contributed by atoms with Gasteiger partial charge in [0.2, 0.25) is 0 Å². The molecule has 118 valence electrons. The highest BCUT2D eigenvalue weighted by Gasteiger charge is 2.19. The average Bonchev–Trinajstić information content (AvgIpc) is 2.97. The van der Waals surface area contributed by atoms with Crippen molar-refractivity contribution in [2.24, 2.45) is 0 Å². The van der Waals surface area contributed by atoms with Crippen LogP contribution in [0, 0.1) is 0 Å². The number of benzene rings is 1. The number of anilines is 1. The molecule has 0 saturated heterocycles. The van der Waals surface area contributed by atoms with Crippen molar-refractivity contribution in [2.75, 3.05) is 5.32 Å². The molecule has 0 aliphatic carbocycles. The van der Waals surface area contributed by atoms with Crippen LogP contribution in [-0.2, 0) is 6.42 Å². The van der Waals surface area contributed by atoms with Gasteiger partial charge >= 0.3 is 0 Å². The maximum absolute atomic E-state index is 4.77. The fraction of sp³-hybridized carbons (Fsp3) is 0.421. The lowest BCUT2D eigenvalue weighted by Gasteiger charge is -2.22. The molecule has 0 spiro atoms. The van der Waals surface area contributed by atoms with Gasteiger partial charge in [-0.2, -0.15) is 5.10 Å². The van der Waals surface area contributed by atoms with Crippen molar-refractivity contribution < 1.29 is 0 Å². The summed E-state index contributed by atoms with van der Waals surface area (Å²) in [7, 11) is 0. The molecule has 0 amide bonds. The zero-order chi connectivity index (χ0) is 15.9. The van der Waals surface area contributed by atoms with Gasteiger partial charge in [-0.05, 0) is 31.4 Å². The fourth-order valence-corrected chi connectivity index (χ4v) is 2.61.